The van der Waals surface area contributed by atoms with Crippen molar-refractivity contribution in [3.63, 3.8) is 0 Å². The fourth-order valence-electron chi connectivity index (χ4n) is 1.49. The molecular weight excluding hydrogens is 287 g/mol. The van der Waals surface area contributed by atoms with Crippen LogP contribution in [0.25, 0.3) is 0 Å². The molecule has 0 atom stereocenters. The van der Waals surface area contributed by atoms with Gasteiger partial charge in [0.05, 0.1) is 0 Å². The van der Waals surface area contributed by atoms with Gasteiger partial charge in [0.2, 0.25) is 5.95 Å². The van der Waals surface area contributed by atoms with Gasteiger partial charge in [0.15, 0.2) is 5.16 Å². The lowest BCUT2D eigenvalue weighted by molar-refractivity contribution is 0.627. The van der Waals surface area contributed by atoms with E-state index in [1.54, 1.807) is 16.7 Å². The predicted molar refractivity (Wildman–Crippen MR) is 75.6 cm³/mol. The zero-order valence-corrected chi connectivity index (χ0v) is 11.6. The molecule has 1 aromatic carbocycles. The van der Waals surface area contributed by atoms with Crippen LogP contribution in [-0.4, -0.2) is 14.8 Å². The Hall–Kier alpha value is -1.53. The monoisotopic (exact) mass is 298 g/mol. The molecule has 7 heteroatoms. The highest BCUT2D eigenvalue weighted by Crippen LogP contribution is 2.27. The van der Waals surface area contributed by atoms with Gasteiger partial charge in [-0.05, 0) is 17.7 Å². The number of hydrogen-bond acceptors (Lipinski definition) is 4. The third kappa shape index (κ3) is 3.27. The van der Waals surface area contributed by atoms with E-state index in [4.69, 9.17) is 17.3 Å². The lowest BCUT2D eigenvalue weighted by atomic mass is 10.2. The van der Waals surface area contributed by atoms with E-state index in [9.17, 15) is 4.39 Å². The normalized spacial score (nSPS) is 10.6. The van der Waals surface area contributed by atoms with Crippen molar-refractivity contribution >= 4 is 29.3 Å². The first-order valence-corrected chi connectivity index (χ1v) is 6.84. The first-order chi connectivity index (χ1) is 9.11. The third-order valence-electron chi connectivity index (χ3n) is 2.43. The van der Waals surface area contributed by atoms with Crippen molar-refractivity contribution in [1.29, 1.82) is 0 Å². The summed E-state index contributed by atoms with van der Waals surface area (Å²) in [5.74, 6) is 0.555. The number of nitrogen functional groups attached to an aromatic ring is 1. The third-order valence-corrected chi connectivity index (χ3v) is 3.80. The number of aromatic nitrogens is 3. The number of halogens is 2. The van der Waals surface area contributed by atoms with Gasteiger partial charge in [0.25, 0.3) is 0 Å². The quantitative estimate of drug-likeness (QED) is 0.680. The summed E-state index contributed by atoms with van der Waals surface area (Å²) in [6.45, 7) is 4.20. The Labute approximate surface area is 119 Å². The highest BCUT2D eigenvalue weighted by molar-refractivity contribution is 7.98. The number of rotatable bonds is 5. The fraction of sp³-hybridized carbons (Fsp3) is 0.167. The zero-order valence-electron chi connectivity index (χ0n) is 10.0. The molecular formula is C12H12ClFN4S. The van der Waals surface area contributed by atoms with E-state index in [0.717, 1.165) is 5.56 Å². The van der Waals surface area contributed by atoms with Gasteiger partial charge in [-0.3, -0.25) is 4.57 Å². The van der Waals surface area contributed by atoms with Gasteiger partial charge < -0.3 is 5.73 Å². The lowest BCUT2D eigenvalue weighted by Crippen LogP contribution is -2.03. The maximum Gasteiger partial charge on any atom is 0.222 e. The Morgan fingerprint density at radius 1 is 1.47 bits per heavy atom. The first kappa shape index (κ1) is 13.9. The average molecular weight is 299 g/mol. The molecule has 1 aromatic heterocycles. The zero-order chi connectivity index (χ0) is 13.8. The Bertz CT molecular complexity index is 599. The minimum Gasteiger partial charge on any atom is -0.368 e. The van der Waals surface area contributed by atoms with Crippen molar-refractivity contribution in [2.75, 3.05) is 5.73 Å². The molecule has 0 aliphatic carbocycles. The Morgan fingerprint density at radius 3 is 2.95 bits per heavy atom. The smallest absolute Gasteiger partial charge is 0.222 e. The molecule has 1 heterocycles. The van der Waals surface area contributed by atoms with E-state index in [2.05, 4.69) is 16.8 Å². The van der Waals surface area contributed by atoms with Crippen molar-refractivity contribution in [3.05, 3.63) is 47.3 Å². The van der Waals surface area contributed by atoms with Crippen molar-refractivity contribution in [3.8, 4) is 0 Å². The van der Waals surface area contributed by atoms with E-state index < -0.39 is 0 Å². The maximum absolute atomic E-state index is 12.9. The van der Waals surface area contributed by atoms with E-state index in [-0.39, 0.29) is 5.82 Å². The number of hydrogen-bond donors (Lipinski definition) is 1. The van der Waals surface area contributed by atoms with E-state index in [1.165, 1.54) is 23.9 Å². The highest BCUT2D eigenvalue weighted by atomic mass is 35.5. The Morgan fingerprint density at radius 2 is 2.26 bits per heavy atom. The minimum atomic E-state index is -0.349. The molecule has 100 valence electrons. The molecule has 0 aliphatic rings. The second kappa shape index (κ2) is 6.08. The first-order valence-electron chi connectivity index (χ1n) is 5.48. The summed E-state index contributed by atoms with van der Waals surface area (Å²) >= 11 is 7.40. The average Bonchev–Trinajstić information content (AvgIpc) is 2.71. The number of benzene rings is 1. The van der Waals surface area contributed by atoms with Crippen LogP contribution in [0, 0.1) is 5.82 Å². The van der Waals surface area contributed by atoms with Crippen LogP contribution in [-0.2, 0) is 12.3 Å². The summed E-state index contributed by atoms with van der Waals surface area (Å²) in [6, 6.07) is 4.33. The van der Waals surface area contributed by atoms with Gasteiger partial charge in [-0.1, -0.05) is 35.5 Å². The van der Waals surface area contributed by atoms with Crippen LogP contribution in [0.3, 0.4) is 0 Å². The molecule has 0 fully saturated rings. The topological polar surface area (TPSA) is 56.7 Å². The molecule has 2 rings (SSSR count). The second-order valence-corrected chi connectivity index (χ2v) is 5.11. The molecule has 2 aromatic rings. The summed E-state index contributed by atoms with van der Waals surface area (Å²) < 4.78 is 14.7. The molecule has 0 amide bonds. The molecule has 2 N–H and O–H groups in total. The van der Waals surface area contributed by atoms with Gasteiger partial charge in [0, 0.05) is 17.3 Å². The van der Waals surface area contributed by atoms with Crippen LogP contribution in [0.5, 0.6) is 0 Å². The molecule has 0 spiro atoms. The van der Waals surface area contributed by atoms with Crippen LogP contribution in [0.2, 0.25) is 5.02 Å². The molecule has 0 saturated heterocycles. The van der Waals surface area contributed by atoms with Crippen LogP contribution >= 0.6 is 23.4 Å². The molecule has 0 radical (unpaired) electrons. The van der Waals surface area contributed by atoms with Gasteiger partial charge in [-0.15, -0.1) is 16.8 Å². The number of nitrogens with two attached hydrogens (primary N) is 1. The number of anilines is 1. The fourth-order valence-corrected chi connectivity index (χ4v) is 2.76. The van der Waals surface area contributed by atoms with Crippen molar-refractivity contribution in [1.82, 2.24) is 14.8 Å². The molecule has 0 unspecified atom stereocenters. The Kier molecular flexibility index (Phi) is 4.44. The lowest BCUT2D eigenvalue weighted by Gasteiger charge is -2.06. The molecule has 4 nitrogen and oxygen atoms in total. The van der Waals surface area contributed by atoms with Crippen LogP contribution < -0.4 is 5.73 Å². The van der Waals surface area contributed by atoms with Crippen LogP contribution in [0.15, 0.2) is 36.0 Å². The van der Waals surface area contributed by atoms with E-state index in [1.807, 2.05) is 0 Å². The summed E-state index contributed by atoms with van der Waals surface area (Å²) in [4.78, 5) is 0. The van der Waals surface area contributed by atoms with E-state index in [0.29, 0.717) is 28.4 Å². The molecule has 0 saturated carbocycles. The second-order valence-electron chi connectivity index (χ2n) is 3.76. The van der Waals surface area contributed by atoms with Gasteiger partial charge in [-0.25, -0.2) is 4.39 Å². The van der Waals surface area contributed by atoms with Gasteiger partial charge >= 0.3 is 0 Å². The Balaban J connectivity index is 2.12. The van der Waals surface area contributed by atoms with Crippen molar-refractivity contribution in [2.24, 2.45) is 0 Å². The summed E-state index contributed by atoms with van der Waals surface area (Å²) in [7, 11) is 0. The van der Waals surface area contributed by atoms with Crippen molar-refractivity contribution < 1.29 is 4.39 Å². The number of nitrogens with zero attached hydrogens (tertiary/aromatic N) is 3. The van der Waals surface area contributed by atoms with Crippen LogP contribution in [0.1, 0.15) is 5.56 Å². The predicted octanol–water partition coefficient (Wildman–Crippen LogP) is 3.13. The molecule has 0 bridgehead atoms. The standard InChI is InChI=1S/C12H12ClFN4S/c1-2-5-18-11(15)16-17-12(18)19-7-8-3-4-9(14)6-10(8)13/h2-4,6H,1,5,7H2,(H2,15,16). The summed E-state index contributed by atoms with van der Waals surface area (Å²) in [6.07, 6.45) is 1.72. The largest absolute Gasteiger partial charge is 0.368 e. The number of allylic oxidation sites excluding steroid dienone is 1. The summed E-state index contributed by atoms with van der Waals surface area (Å²) in [5, 5.41) is 8.87. The van der Waals surface area contributed by atoms with Gasteiger partial charge in [-0.2, -0.15) is 0 Å². The molecule has 0 aliphatic heterocycles. The maximum atomic E-state index is 12.9. The minimum absolute atomic E-state index is 0.340. The SMILES string of the molecule is C=CCn1c(N)nnc1SCc1ccc(F)cc1Cl. The van der Waals surface area contributed by atoms with E-state index >= 15 is 0 Å². The number of thioether (sulfide) groups is 1. The molecule has 19 heavy (non-hydrogen) atoms. The van der Waals surface area contributed by atoms with Crippen LogP contribution in [0.4, 0.5) is 10.3 Å². The summed E-state index contributed by atoms with van der Waals surface area (Å²) in [5.41, 5.74) is 6.53. The van der Waals surface area contributed by atoms with Gasteiger partial charge in [0.1, 0.15) is 5.82 Å². The highest BCUT2D eigenvalue weighted by Gasteiger charge is 2.10. The van der Waals surface area contributed by atoms with Crippen molar-refractivity contribution in [2.45, 2.75) is 17.5 Å².